The highest BCUT2D eigenvalue weighted by Gasteiger charge is 2.70. The van der Waals surface area contributed by atoms with Gasteiger partial charge in [0.05, 0.1) is 11.3 Å². The molecule has 1 aromatic carbocycles. The Hall–Kier alpha value is -2.09. The minimum Gasteiger partial charge on any atom is -0.461 e. The second-order valence-corrected chi connectivity index (χ2v) is 7.86. The van der Waals surface area contributed by atoms with E-state index in [1.807, 2.05) is 0 Å². The number of nitrogens with zero attached hydrogens (tertiary/aromatic N) is 1. The summed E-state index contributed by atoms with van der Waals surface area (Å²) in [5, 5.41) is 31.3. The van der Waals surface area contributed by atoms with Gasteiger partial charge in [0.2, 0.25) is 6.29 Å². The van der Waals surface area contributed by atoms with Crippen molar-refractivity contribution >= 4 is 10.1 Å². The highest BCUT2D eigenvalue weighted by molar-refractivity contribution is 7.87. The lowest BCUT2D eigenvalue weighted by atomic mass is 9.81. The molecule has 0 aliphatic carbocycles. The zero-order valence-electron chi connectivity index (χ0n) is 14.7. The number of ether oxygens (including phenoxy) is 2. The third-order valence-electron chi connectivity index (χ3n) is 4.50. The summed E-state index contributed by atoms with van der Waals surface area (Å²) in [6.07, 6.45) is -7.63. The van der Waals surface area contributed by atoms with E-state index in [1.54, 1.807) is 6.07 Å². The van der Waals surface area contributed by atoms with Crippen molar-refractivity contribution in [2.75, 3.05) is 0 Å². The first-order valence-electron chi connectivity index (χ1n) is 8.00. The van der Waals surface area contributed by atoms with Gasteiger partial charge in [-0.15, -0.1) is 0 Å². The maximum absolute atomic E-state index is 15.0. The molecule has 1 aromatic heterocycles. The van der Waals surface area contributed by atoms with Crippen LogP contribution in [0.5, 0.6) is 5.75 Å². The number of benzene rings is 1. The summed E-state index contributed by atoms with van der Waals surface area (Å²) in [6, 6.07) is 7.48. The molecule has 3 rings (SSSR count). The van der Waals surface area contributed by atoms with Crippen LogP contribution >= 0.6 is 0 Å². The van der Waals surface area contributed by atoms with Crippen LogP contribution < -0.4 is 4.74 Å². The predicted molar refractivity (Wildman–Crippen MR) is 89.2 cm³/mol. The number of aryl methyl sites for hydroxylation is 2. The zero-order valence-corrected chi connectivity index (χ0v) is 15.5. The van der Waals surface area contributed by atoms with Gasteiger partial charge in [0.1, 0.15) is 17.6 Å². The summed E-state index contributed by atoms with van der Waals surface area (Å²) in [6.45, 7) is 2.76. The summed E-state index contributed by atoms with van der Waals surface area (Å²) in [7, 11) is -5.70. The fraction of sp³-hybridized carbons (Fsp3) is 0.438. The zero-order chi connectivity index (χ0) is 20.9. The van der Waals surface area contributed by atoms with Crippen LogP contribution in [-0.2, 0) is 20.5 Å². The van der Waals surface area contributed by atoms with E-state index in [4.69, 9.17) is 14.0 Å². The Morgan fingerprint density at radius 2 is 1.79 bits per heavy atom. The molecule has 28 heavy (non-hydrogen) atoms. The second-order valence-electron chi connectivity index (χ2n) is 6.35. The molecule has 1 saturated heterocycles. The van der Waals surface area contributed by atoms with Gasteiger partial charge in [-0.25, -0.2) is 0 Å². The molecular formula is C16H18FNO9S. The molecule has 1 aliphatic rings. The molecule has 1 fully saturated rings. The molecule has 154 valence electrons. The molecule has 4 N–H and O–H groups in total. The third-order valence-corrected chi connectivity index (χ3v) is 5.54. The van der Waals surface area contributed by atoms with E-state index in [0.717, 1.165) is 0 Å². The van der Waals surface area contributed by atoms with Crippen molar-refractivity contribution in [2.24, 2.45) is 0 Å². The molecule has 2 heterocycles. The Kier molecular flexibility index (Phi) is 4.98. The van der Waals surface area contributed by atoms with Gasteiger partial charge in [0, 0.05) is 0 Å². The quantitative estimate of drug-likeness (QED) is 0.502. The number of para-hydroxylation sites is 1. The van der Waals surface area contributed by atoms with Crippen molar-refractivity contribution in [3.05, 3.63) is 47.3 Å². The van der Waals surface area contributed by atoms with Crippen molar-refractivity contribution in [2.45, 2.75) is 43.1 Å². The number of hydrogen-bond acceptors (Lipinski definition) is 9. The van der Waals surface area contributed by atoms with Crippen molar-refractivity contribution in [1.82, 2.24) is 5.16 Å². The monoisotopic (exact) mass is 419 g/mol. The highest BCUT2D eigenvalue weighted by atomic mass is 32.2. The van der Waals surface area contributed by atoms with Crippen LogP contribution in [0.3, 0.4) is 0 Å². The summed E-state index contributed by atoms with van der Waals surface area (Å²) >= 11 is 0. The Morgan fingerprint density at radius 1 is 1.18 bits per heavy atom. The van der Waals surface area contributed by atoms with Gasteiger partial charge >= 0.3 is 15.3 Å². The van der Waals surface area contributed by atoms with E-state index in [1.165, 1.54) is 38.1 Å². The number of hydrogen-bond donors (Lipinski definition) is 4. The first-order chi connectivity index (χ1) is 12.9. The SMILES string of the molecule is Cc1noc(C)c1[C@]1(O)[C@H](Oc2ccccc2)OC(F)(S(=O)(=O)O)[C@@H](O)[C@@H]1O. The first-order valence-corrected chi connectivity index (χ1v) is 9.44. The van der Waals surface area contributed by atoms with Crippen molar-refractivity contribution < 1.29 is 46.7 Å². The molecule has 0 spiro atoms. The van der Waals surface area contributed by atoms with Crippen molar-refractivity contribution in [3.8, 4) is 5.75 Å². The standard InChI is InChI=1S/C16H18FNO9S/c1-8-11(9(2)27-18-8)15(21)12(19)13(20)16(17,28(22,23)24)26-14(15)25-10-6-4-3-5-7-10/h3-7,12-14,19-21H,1-2H3,(H,22,23,24)/t12-,13-,14+,15+,16?/m0/s1. The van der Waals surface area contributed by atoms with Gasteiger partial charge < -0.3 is 24.6 Å². The number of rotatable bonds is 4. The van der Waals surface area contributed by atoms with Gasteiger partial charge in [0.15, 0.2) is 11.7 Å². The molecule has 0 amide bonds. The molecule has 0 bridgehead atoms. The smallest absolute Gasteiger partial charge is 0.367 e. The predicted octanol–water partition coefficient (Wildman–Crippen LogP) is 0.147. The van der Waals surface area contributed by atoms with E-state index in [2.05, 4.69) is 5.16 Å². The second kappa shape index (κ2) is 6.76. The van der Waals surface area contributed by atoms with Gasteiger partial charge in [-0.1, -0.05) is 23.4 Å². The third kappa shape index (κ3) is 2.98. The lowest BCUT2D eigenvalue weighted by Gasteiger charge is -2.48. The van der Waals surface area contributed by atoms with Crippen LogP contribution in [0.1, 0.15) is 17.0 Å². The molecule has 12 heteroatoms. The van der Waals surface area contributed by atoms with Gasteiger partial charge in [-0.05, 0) is 26.0 Å². The van der Waals surface area contributed by atoms with E-state index < -0.39 is 39.4 Å². The van der Waals surface area contributed by atoms with Crippen LogP contribution in [0.2, 0.25) is 0 Å². The van der Waals surface area contributed by atoms with Crippen LogP contribution in [0.25, 0.3) is 0 Å². The fourth-order valence-corrected chi connectivity index (χ4v) is 3.79. The van der Waals surface area contributed by atoms with Crippen molar-refractivity contribution in [1.29, 1.82) is 0 Å². The summed E-state index contributed by atoms with van der Waals surface area (Å²) < 4.78 is 62.2. The fourth-order valence-electron chi connectivity index (χ4n) is 3.14. The van der Waals surface area contributed by atoms with Gasteiger partial charge in [-0.3, -0.25) is 9.29 Å². The van der Waals surface area contributed by atoms with Crippen LogP contribution in [0.15, 0.2) is 34.9 Å². The average Bonchev–Trinajstić information content (AvgIpc) is 2.97. The maximum Gasteiger partial charge on any atom is 0.367 e. The van der Waals surface area contributed by atoms with Gasteiger partial charge in [0.25, 0.3) is 0 Å². The van der Waals surface area contributed by atoms with Crippen LogP contribution in [0, 0.1) is 13.8 Å². The molecule has 5 atom stereocenters. The van der Waals surface area contributed by atoms with Crippen LogP contribution in [-0.4, -0.2) is 57.1 Å². The lowest BCUT2D eigenvalue weighted by Crippen LogP contribution is -2.71. The van der Waals surface area contributed by atoms with E-state index in [0.29, 0.717) is 0 Å². The molecule has 0 saturated carbocycles. The van der Waals surface area contributed by atoms with Crippen molar-refractivity contribution in [3.63, 3.8) is 0 Å². The Morgan fingerprint density at radius 3 is 2.29 bits per heavy atom. The summed E-state index contributed by atoms with van der Waals surface area (Å²) in [5.41, 5.74) is -2.85. The molecule has 0 radical (unpaired) electrons. The topological polar surface area (TPSA) is 160 Å². The molecule has 1 unspecified atom stereocenters. The minimum absolute atomic E-state index is 0.0129. The number of halogens is 1. The van der Waals surface area contributed by atoms with E-state index >= 15 is 0 Å². The molecular weight excluding hydrogens is 401 g/mol. The molecule has 1 aliphatic heterocycles. The molecule has 2 aromatic rings. The number of aliphatic hydroxyl groups is 3. The normalized spacial score (nSPS) is 33.6. The maximum atomic E-state index is 15.0. The minimum atomic E-state index is -5.70. The highest BCUT2D eigenvalue weighted by Crippen LogP contribution is 2.47. The first kappa shape index (κ1) is 20.6. The number of aliphatic hydroxyl groups excluding tert-OH is 2. The Labute approximate surface area is 158 Å². The largest absolute Gasteiger partial charge is 0.461 e. The van der Waals surface area contributed by atoms with Crippen LogP contribution in [0.4, 0.5) is 4.39 Å². The van der Waals surface area contributed by atoms with E-state index in [9.17, 15) is 32.7 Å². The number of aromatic nitrogens is 1. The Balaban J connectivity index is 2.18. The molecule has 10 nitrogen and oxygen atoms in total. The Bertz CT molecular complexity index is 946. The number of alkyl halides is 1. The summed E-state index contributed by atoms with van der Waals surface area (Å²) in [5.74, 6) is -0.00584. The van der Waals surface area contributed by atoms with Gasteiger partial charge in [-0.2, -0.15) is 12.8 Å². The average molecular weight is 419 g/mol. The summed E-state index contributed by atoms with van der Waals surface area (Å²) in [4.78, 5) is 0. The lowest BCUT2D eigenvalue weighted by molar-refractivity contribution is -0.361. The van der Waals surface area contributed by atoms with E-state index in [-0.39, 0.29) is 22.8 Å².